The van der Waals surface area contributed by atoms with Crippen molar-refractivity contribution in [3.63, 3.8) is 0 Å². The number of benzene rings is 2. The average Bonchev–Trinajstić information content (AvgIpc) is 2.47. The minimum Gasteiger partial charge on any atom is -0.489 e. The Balaban J connectivity index is 1.88. The van der Waals surface area contributed by atoms with Gasteiger partial charge in [0.2, 0.25) is 0 Å². The second kappa shape index (κ2) is 7.64. The standard InChI is InChI=1S/C19H22O3/c1-14(2)11-15-3-5-17(6-4-15)13-22-18-9-7-16(8-10-18)12-19(20)21/h3-10,14H,11-13H2,1-2H3,(H,20,21). The second-order valence-corrected chi connectivity index (χ2v) is 5.92. The first kappa shape index (κ1) is 16.1. The lowest BCUT2D eigenvalue weighted by atomic mass is 10.0. The molecular formula is C19H22O3. The molecule has 0 unspecified atom stereocenters. The van der Waals surface area contributed by atoms with E-state index in [-0.39, 0.29) is 6.42 Å². The predicted octanol–water partition coefficient (Wildman–Crippen LogP) is 4.09. The van der Waals surface area contributed by atoms with E-state index in [0.29, 0.717) is 12.5 Å². The zero-order valence-corrected chi connectivity index (χ0v) is 13.1. The van der Waals surface area contributed by atoms with Gasteiger partial charge in [-0.25, -0.2) is 0 Å². The summed E-state index contributed by atoms with van der Waals surface area (Å²) in [6.07, 6.45) is 1.13. The van der Waals surface area contributed by atoms with E-state index in [1.165, 1.54) is 5.56 Å². The summed E-state index contributed by atoms with van der Waals surface area (Å²) in [5, 5.41) is 8.73. The van der Waals surface area contributed by atoms with Gasteiger partial charge in [0.15, 0.2) is 0 Å². The summed E-state index contributed by atoms with van der Waals surface area (Å²) >= 11 is 0. The van der Waals surface area contributed by atoms with Crippen molar-refractivity contribution in [1.29, 1.82) is 0 Å². The number of carbonyl (C=O) groups is 1. The summed E-state index contributed by atoms with van der Waals surface area (Å²) in [5.74, 6) is 0.585. The van der Waals surface area contributed by atoms with Crippen molar-refractivity contribution in [3.05, 3.63) is 65.2 Å². The molecule has 0 spiro atoms. The maximum Gasteiger partial charge on any atom is 0.307 e. The normalized spacial score (nSPS) is 10.7. The summed E-state index contributed by atoms with van der Waals surface area (Å²) in [7, 11) is 0. The molecule has 0 bridgehead atoms. The highest BCUT2D eigenvalue weighted by Gasteiger charge is 2.02. The highest BCUT2D eigenvalue weighted by molar-refractivity contribution is 5.70. The molecule has 1 N–H and O–H groups in total. The van der Waals surface area contributed by atoms with Gasteiger partial charge in [-0.2, -0.15) is 0 Å². The molecule has 0 saturated heterocycles. The van der Waals surface area contributed by atoms with Crippen molar-refractivity contribution in [2.24, 2.45) is 5.92 Å². The van der Waals surface area contributed by atoms with Crippen LogP contribution in [0.5, 0.6) is 5.75 Å². The molecule has 0 radical (unpaired) electrons. The Bertz CT molecular complexity index is 598. The van der Waals surface area contributed by atoms with E-state index in [2.05, 4.69) is 38.1 Å². The third-order valence-electron chi connectivity index (χ3n) is 3.35. The van der Waals surface area contributed by atoms with Gasteiger partial charge in [0, 0.05) is 0 Å². The first-order valence-electron chi connectivity index (χ1n) is 7.54. The van der Waals surface area contributed by atoms with Crippen molar-refractivity contribution < 1.29 is 14.6 Å². The molecule has 0 atom stereocenters. The first-order chi connectivity index (χ1) is 10.5. The predicted molar refractivity (Wildman–Crippen MR) is 87.1 cm³/mol. The van der Waals surface area contributed by atoms with Crippen LogP contribution in [0, 0.1) is 5.92 Å². The Morgan fingerprint density at radius 2 is 1.50 bits per heavy atom. The van der Waals surface area contributed by atoms with Gasteiger partial charge in [0.25, 0.3) is 0 Å². The maximum absolute atomic E-state index is 10.6. The number of carboxylic acids is 1. The van der Waals surface area contributed by atoms with Crippen molar-refractivity contribution in [1.82, 2.24) is 0 Å². The van der Waals surface area contributed by atoms with E-state index < -0.39 is 5.97 Å². The van der Waals surface area contributed by atoms with E-state index in [1.54, 1.807) is 12.1 Å². The number of rotatable bonds is 7. The number of hydrogen-bond donors (Lipinski definition) is 1. The largest absolute Gasteiger partial charge is 0.489 e. The van der Waals surface area contributed by atoms with Crippen molar-refractivity contribution in [3.8, 4) is 5.75 Å². The SMILES string of the molecule is CC(C)Cc1ccc(COc2ccc(CC(=O)O)cc2)cc1. The Kier molecular flexibility index (Phi) is 5.59. The van der Waals surface area contributed by atoms with E-state index in [9.17, 15) is 4.79 Å². The molecule has 0 amide bonds. The van der Waals surface area contributed by atoms with Gasteiger partial charge in [-0.1, -0.05) is 50.2 Å². The Labute approximate surface area is 131 Å². The molecule has 22 heavy (non-hydrogen) atoms. The van der Waals surface area contributed by atoms with E-state index in [0.717, 1.165) is 23.3 Å². The summed E-state index contributed by atoms with van der Waals surface area (Å²) in [6.45, 7) is 4.94. The fraction of sp³-hybridized carbons (Fsp3) is 0.316. The van der Waals surface area contributed by atoms with Crippen LogP contribution in [0.4, 0.5) is 0 Å². The van der Waals surface area contributed by atoms with Crippen molar-refractivity contribution >= 4 is 5.97 Å². The molecule has 3 nitrogen and oxygen atoms in total. The summed E-state index contributed by atoms with van der Waals surface area (Å²) < 4.78 is 5.73. The minimum atomic E-state index is -0.824. The first-order valence-corrected chi connectivity index (χ1v) is 7.54. The van der Waals surface area contributed by atoms with E-state index in [1.807, 2.05) is 12.1 Å². The van der Waals surface area contributed by atoms with Gasteiger partial charge in [0.05, 0.1) is 6.42 Å². The molecule has 0 aliphatic heterocycles. The fourth-order valence-electron chi connectivity index (χ4n) is 2.29. The van der Waals surface area contributed by atoms with Gasteiger partial charge in [-0.15, -0.1) is 0 Å². The van der Waals surface area contributed by atoms with Crippen LogP contribution in [0.1, 0.15) is 30.5 Å². The molecule has 2 aromatic carbocycles. The van der Waals surface area contributed by atoms with Crippen LogP contribution in [0.15, 0.2) is 48.5 Å². The maximum atomic E-state index is 10.6. The number of ether oxygens (including phenoxy) is 1. The molecule has 0 saturated carbocycles. The number of aliphatic carboxylic acids is 1. The summed E-state index contributed by atoms with van der Waals surface area (Å²) in [4.78, 5) is 10.6. The number of carboxylic acid groups (broad SMARTS) is 1. The topological polar surface area (TPSA) is 46.5 Å². The minimum absolute atomic E-state index is 0.0393. The van der Waals surface area contributed by atoms with Crippen LogP contribution in [0.25, 0.3) is 0 Å². The molecule has 2 aromatic rings. The smallest absolute Gasteiger partial charge is 0.307 e. The van der Waals surface area contributed by atoms with Crippen LogP contribution in [-0.4, -0.2) is 11.1 Å². The second-order valence-electron chi connectivity index (χ2n) is 5.92. The third-order valence-corrected chi connectivity index (χ3v) is 3.35. The lowest BCUT2D eigenvalue weighted by Gasteiger charge is -2.09. The molecule has 0 aromatic heterocycles. The molecule has 2 rings (SSSR count). The quantitative estimate of drug-likeness (QED) is 0.837. The van der Waals surface area contributed by atoms with Crippen molar-refractivity contribution in [2.45, 2.75) is 33.3 Å². The van der Waals surface area contributed by atoms with Crippen molar-refractivity contribution in [2.75, 3.05) is 0 Å². The molecule has 116 valence electrons. The zero-order valence-electron chi connectivity index (χ0n) is 13.1. The molecule has 0 fully saturated rings. The van der Waals surface area contributed by atoms with Crippen LogP contribution >= 0.6 is 0 Å². The molecule has 0 heterocycles. The molecule has 3 heteroatoms. The Morgan fingerprint density at radius 3 is 2.05 bits per heavy atom. The van der Waals surface area contributed by atoms with E-state index in [4.69, 9.17) is 9.84 Å². The fourth-order valence-corrected chi connectivity index (χ4v) is 2.29. The van der Waals surface area contributed by atoms with Crippen LogP contribution in [-0.2, 0) is 24.2 Å². The summed E-state index contributed by atoms with van der Waals surface area (Å²) in [6, 6.07) is 15.7. The molecule has 0 aliphatic carbocycles. The van der Waals surface area contributed by atoms with Gasteiger partial charge >= 0.3 is 5.97 Å². The number of hydrogen-bond acceptors (Lipinski definition) is 2. The van der Waals surface area contributed by atoms with Gasteiger partial charge in [-0.3, -0.25) is 4.79 Å². The highest BCUT2D eigenvalue weighted by Crippen LogP contribution is 2.16. The average molecular weight is 298 g/mol. The van der Waals surface area contributed by atoms with Gasteiger partial charge in [0.1, 0.15) is 12.4 Å². The monoisotopic (exact) mass is 298 g/mol. The zero-order chi connectivity index (χ0) is 15.9. The van der Waals surface area contributed by atoms with Gasteiger partial charge < -0.3 is 9.84 Å². The molecule has 0 aliphatic rings. The van der Waals surface area contributed by atoms with Crippen LogP contribution in [0.3, 0.4) is 0 Å². The van der Waals surface area contributed by atoms with Crippen LogP contribution < -0.4 is 4.74 Å². The lowest BCUT2D eigenvalue weighted by molar-refractivity contribution is -0.136. The third kappa shape index (κ3) is 5.24. The Hall–Kier alpha value is -2.29. The highest BCUT2D eigenvalue weighted by atomic mass is 16.5. The lowest BCUT2D eigenvalue weighted by Crippen LogP contribution is -2.00. The Morgan fingerprint density at radius 1 is 0.955 bits per heavy atom. The molecular weight excluding hydrogens is 276 g/mol. The van der Waals surface area contributed by atoms with Gasteiger partial charge in [-0.05, 0) is 41.2 Å². The van der Waals surface area contributed by atoms with Crippen LogP contribution in [0.2, 0.25) is 0 Å². The van der Waals surface area contributed by atoms with E-state index >= 15 is 0 Å². The summed E-state index contributed by atoms with van der Waals surface area (Å²) in [5.41, 5.74) is 3.25.